The molecule has 0 unspecified atom stereocenters. The molecule has 5 heteroatoms. The first-order valence-corrected chi connectivity index (χ1v) is 9.05. The fraction of sp³-hybridized carbons (Fsp3) is 0.167. The van der Waals surface area contributed by atoms with E-state index in [1.54, 1.807) is 11.3 Å². The van der Waals surface area contributed by atoms with E-state index in [0.29, 0.717) is 6.04 Å². The number of halogens is 2. The number of quaternary nitrogens is 1. The minimum absolute atomic E-state index is 0.296. The molecule has 0 aliphatic heterocycles. The number of rotatable bonds is 5. The minimum Gasteiger partial charge on any atom is -0.335 e. The second-order valence-electron chi connectivity index (χ2n) is 5.40. The molecule has 1 heterocycles. The molecule has 1 aromatic heterocycles. The molecular formula is C18H17Cl2N2S+. The normalized spacial score (nSPS) is 12.3. The molecule has 0 spiro atoms. The summed E-state index contributed by atoms with van der Waals surface area (Å²) in [6.45, 7) is 2.99. The summed E-state index contributed by atoms with van der Waals surface area (Å²) in [6, 6.07) is 16.1. The lowest BCUT2D eigenvalue weighted by molar-refractivity contribution is -0.708. The highest BCUT2D eigenvalue weighted by Gasteiger charge is 2.13. The van der Waals surface area contributed by atoms with Crippen molar-refractivity contribution in [3.63, 3.8) is 0 Å². The van der Waals surface area contributed by atoms with Gasteiger partial charge in [0.05, 0.1) is 0 Å². The first-order chi connectivity index (χ1) is 11.1. The van der Waals surface area contributed by atoms with Gasteiger partial charge in [0, 0.05) is 26.6 Å². The van der Waals surface area contributed by atoms with Crippen molar-refractivity contribution in [2.24, 2.45) is 0 Å². The van der Waals surface area contributed by atoms with Crippen LogP contribution in [0.2, 0.25) is 10.0 Å². The van der Waals surface area contributed by atoms with Gasteiger partial charge in [-0.3, -0.25) is 0 Å². The SMILES string of the molecule is C[C@H]([NH2+]Cc1csc(-c2ccc(Cl)cc2)n1)c1ccccc1Cl. The Labute approximate surface area is 150 Å². The van der Waals surface area contributed by atoms with E-state index < -0.39 is 0 Å². The van der Waals surface area contributed by atoms with Gasteiger partial charge in [0.25, 0.3) is 0 Å². The summed E-state index contributed by atoms with van der Waals surface area (Å²) in [5, 5.41) is 6.95. The van der Waals surface area contributed by atoms with Gasteiger partial charge in [0.15, 0.2) is 0 Å². The molecule has 2 N–H and O–H groups in total. The molecule has 2 aromatic carbocycles. The molecule has 0 saturated carbocycles. The second kappa shape index (κ2) is 7.45. The Hall–Kier alpha value is -1.39. The van der Waals surface area contributed by atoms with E-state index in [9.17, 15) is 0 Å². The summed E-state index contributed by atoms with van der Waals surface area (Å²) in [6.07, 6.45) is 0. The number of benzene rings is 2. The van der Waals surface area contributed by atoms with E-state index in [1.165, 1.54) is 0 Å². The summed E-state index contributed by atoms with van der Waals surface area (Å²) in [5.74, 6) is 0. The van der Waals surface area contributed by atoms with Crippen LogP contribution in [0, 0.1) is 0 Å². The molecule has 0 bridgehead atoms. The van der Waals surface area contributed by atoms with Gasteiger partial charge < -0.3 is 5.32 Å². The largest absolute Gasteiger partial charge is 0.335 e. The first kappa shape index (κ1) is 16.5. The van der Waals surface area contributed by atoms with Crippen molar-refractivity contribution >= 4 is 34.5 Å². The van der Waals surface area contributed by atoms with Crippen molar-refractivity contribution < 1.29 is 5.32 Å². The zero-order valence-electron chi connectivity index (χ0n) is 12.7. The Bertz CT molecular complexity index is 784. The highest BCUT2D eigenvalue weighted by atomic mass is 35.5. The maximum absolute atomic E-state index is 6.25. The van der Waals surface area contributed by atoms with Crippen molar-refractivity contribution in [2.45, 2.75) is 19.5 Å². The van der Waals surface area contributed by atoms with Crippen molar-refractivity contribution in [1.29, 1.82) is 0 Å². The molecule has 1 atom stereocenters. The van der Waals surface area contributed by atoms with E-state index in [4.69, 9.17) is 28.2 Å². The minimum atomic E-state index is 0.296. The summed E-state index contributed by atoms with van der Waals surface area (Å²) in [5.41, 5.74) is 3.34. The molecule has 0 amide bonds. The number of aromatic nitrogens is 1. The zero-order valence-corrected chi connectivity index (χ0v) is 15.0. The average Bonchev–Trinajstić information content (AvgIpc) is 3.03. The number of nitrogens with two attached hydrogens (primary N) is 1. The van der Waals surface area contributed by atoms with Crippen LogP contribution in [0.25, 0.3) is 10.6 Å². The molecule has 23 heavy (non-hydrogen) atoms. The Balaban J connectivity index is 1.65. The number of hydrogen-bond acceptors (Lipinski definition) is 2. The predicted octanol–water partition coefficient (Wildman–Crippen LogP) is 4.94. The number of nitrogens with zero attached hydrogens (tertiary/aromatic N) is 1. The topological polar surface area (TPSA) is 29.5 Å². The smallest absolute Gasteiger partial charge is 0.123 e. The van der Waals surface area contributed by atoms with E-state index in [0.717, 1.165) is 38.4 Å². The average molecular weight is 364 g/mol. The molecule has 0 aliphatic carbocycles. The quantitative estimate of drug-likeness (QED) is 0.683. The standard InChI is InChI=1S/C18H16Cl2N2S/c1-12(16-4-2-3-5-17(16)20)21-10-15-11-23-18(22-15)13-6-8-14(19)9-7-13/h2-9,11-12,21H,10H2,1H3/p+1/t12-/m0/s1. The van der Waals surface area contributed by atoms with Crippen LogP contribution < -0.4 is 5.32 Å². The summed E-state index contributed by atoms with van der Waals surface area (Å²) >= 11 is 13.8. The van der Waals surface area contributed by atoms with Crippen LogP contribution >= 0.6 is 34.5 Å². The lowest BCUT2D eigenvalue weighted by Gasteiger charge is -2.11. The van der Waals surface area contributed by atoms with Gasteiger partial charge in [-0.25, -0.2) is 4.98 Å². The van der Waals surface area contributed by atoms with Crippen LogP contribution in [0.4, 0.5) is 0 Å². The predicted molar refractivity (Wildman–Crippen MR) is 98.1 cm³/mol. The monoisotopic (exact) mass is 363 g/mol. The van der Waals surface area contributed by atoms with Crippen LogP contribution in [-0.4, -0.2) is 4.98 Å². The van der Waals surface area contributed by atoms with Gasteiger partial charge in [-0.05, 0) is 25.1 Å². The molecular weight excluding hydrogens is 347 g/mol. The second-order valence-corrected chi connectivity index (χ2v) is 7.10. The fourth-order valence-corrected chi connectivity index (χ4v) is 3.67. The third kappa shape index (κ3) is 4.12. The Morgan fingerprint density at radius 2 is 1.83 bits per heavy atom. The van der Waals surface area contributed by atoms with Gasteiger partial charge in [0.2, 0.25) is 0 Å². The van der Waals surface area contributed by atoms with Gasteiger partial charge in [-0.1, -0.05) is 53.5 Å². The summed E-state index contributed by atoms with van der Waals surface area (Å²) < 4.78 is 0. The number of hydrogen-bond donors (Lipinski definition) is 1. The molecule has 3 rings (SSSR count). The van der Waals surface area contributed by atoms with Crippen molar-refractivity contribution in [2.75, 3.05) is 0 Å². The van der Waals surface area contributed by atoms with Crippen molar-refractivity contribution in [3.05, 3.63) is 75.2 Å². The van der Waals surface area contributed by atoms with Crippen molar-refractivity contribution in [3.8, 4) is 10.6 Å². The Morgan fingerprint density at radius 3 is 2.57 bits per heavy atom. The van der Waals surface area contributed by atoms with Crippen molar-refractivity contribution in [1.82, 2.24) is 4.98 Å². The first-order valence-electron chi connectivity index (χ1n) is 7.41. The van der Waals surface area contributed by atoms with Crippen LogP contribution in [0.1, 0.15) is 24.2 Å². The maximum Gasteiger partial charge on any atom is 0.123 e. The van der Waals surface area contributed by atoms with E-state index in [2.05, 4.69) is 23.7 Å². The fourth-order valence-electron chi connectivity index (χ4n) is 2.39. The van der Waals surface area contributed by atoms with Crippen LogP contribution in [-0.2, 0) is 6.54 Å². The van der Waals surface area contributed by atoms with Gasteiger partial charge >= 0.3 is 0 Å². The third-order valence-electron chi connectivity index (χ3n) is 3.72. The van der Waals surface area contributed by atoms with Crippen LogP contribution in [0.5, 0.6) is 0 Å². The molecule has 118 valence electrons. The molecule has 2 nitrogen and oxygen atoms in total. The maximum atomic E-state index is 6.25. The molecule has 0 radical (unpaired) electrons. The van der Waals surface area contributed by atoms with E-state index in [-0.39, 0.29) is 0 Å². The molecule has 0 aliphatic rings. The Morgan fingerprint density at radius 1 is 1.09 bits per heavy atom. The van der Waals surface area contributed by atoms with E-state index in [1.807, 2.05) is 42.5 Å². The zero-order chi connectivity index (χ0) is 16.2. The van der Waals surface area contributed by atoms with Gasteiger partial charge in [0.1, 0.15) is 23.3 Å². The Kier molecular flexibility index (Phi) is 5.34. The van der Waals surface area contributed by atoms with Gasteiger partial charge in [-0.15, -0.1) is 11.3 Å². The van der Waals surface area contributed by atoms with Crippen LogP contribution in [0.3, 0.4) is 0 Å². The molecule has 0 fully saturated rings. The third-order valence-corrected chi connectivity index (χ3v) is 5.26. The highest BCUT2D eigenvalue weighted by molar-refractivity contribution is 7.13. The van der Waals surface area contributed by atoms with Gasteiger partial charge in [-0.2, -0.15) is 0 Å². The lowest BCUT2D eigenvalue weighted by Crippen LogP contribution is -2.83. The summed E-state index contributed by atoms with van der Waals surface area (Å²) in [4.78, 5) is 4.71. The number of thiazole rings is 1. The van der Waals surface area contributed by atoms with Crippen LogP contribution in [0.15, 0.2) is 53.9 Å². The lowest BCUT2D eigenvalue weighted by atomic mass is 10.1. The van der Waals surface area contributed by atoms with E-state index >= 15 is 0 Å². The summed E-state index contributed by atoms with van der Waals surface area (Å²) in [7, 11) is 0. The molecule has 0 saturated heterocycles. The molecule has 3 aromatic rings. The highest BCUT2D eigenvalue weighted by Crippen LogP contribution is 2.25.